The van der Waals surface area contributed by atoms with E-state index in [2.05, 4.69) is 16.0 Å². The van der Waals surface area contributed by atoms with Crippen molar-refractivity contribution in [2.24, 2.45) is 0 Å². The van der Waals surface area contributed by atoms with E-state index in [1.807, 2.05) is 4.90 Å². The Hall–Kier alpha value is -5.38. The molecule has 0 radical (unpaired) electrons. The number of nitrogens with zero attached hydrogens (tertiary/aromatic N) is 4. The van der Waals surface area contributed by atoms with Gasteiger partial charge in [0.15, 0.2) is 0 Å². The molecule has 0 fully saturated rings. The van der Waals surface area contributed by atoms with Gasteiger partial charge in [0.05, 0.1) is 0 Å². The Morgan fingerprint density at radius 3 is 0.939 bits per heavy atom. The van der Waals surface area contributed by atoms with E-state index >= 15 is 0 Å². The maximum Gasteiger partial charge on any atom is 0.326 e. The fourth-order valence-electron chi connectivity index (χ4n) is 5.33. The van der Waals surface area contributed by atoms with Crippen LogP contribution in [0, 0.1) is 0 Å². The molecule has 3 aromatic rings. The number of carbonyl (C=O) groups is 6. The largest absolute Gasteiger partial charge is 0.480 e. The van der Waals surface area contributed by atoms with Crippen LogP contribution in [-0.2, 0) is 28.8 Å². The van der Waals surface area contributed by atoms with Crippen molar-refractivity contribution in [3.8, 4) is 0 Å². The lowest BCUT2D eigenvalue weighted by atomic mass is 10.1. The number of carboxylic acids is 3. The molecule has 3 atom stereocenters. The van der Waals surface area contributed by atoms with Gasteiger partial charge in [0.25, 0.3) is 0 Å². The van der Waals surface area contributed by atoms with Gasteiger partial charge in [0.2, 0.25) is 17.7 Å². The maximum atomic E-state index is 12.5. The standard InChI is InChI=1S/C33H45N7O9/c41-28(10-7-25(31(44)45)38-16-1-2-17-38)34-13-22-37(23-14-35-29(42)11-8-26(32(46)47)39-18-3-4-19-39)24-15-36-30(43)12-9-27(33(48)49)40-20-5-6-21-40/h1-6,16-21,25-27H,7-15,22-24H2,(H,34,41)(H,35,42)(H,36,43)(H,44,45)(H,46,47)(H,48,49)/t25-,26-,27-/m1/s1. The van der Waals surface area contributed by atoms with Crippen LogP contribution < -0.4 is 16.0 Å². The van der Waals surface area contributed by atoms with Crippen molar-refractivity contribution in [1.29, 1.82) is 0 Å². The van der Waals surface area contributed by atoms with Crippen LogP contribution in [0.15, 0.2) is 73.6 Å². The second-order valence-electron chi connectivity index (χ2n) is 11.5. The van der Waals surface area contributed by atoms with Gasteiger partial charge >= 0.3 is 17.9 Å². The first-order chi connectivity index (χ1) is 23.5. The van der Waals surface area contributed by atoms with Gasteiger partial charge in [-0.05, 0) is 55.7 Å². The van der Waals surface area contributed by atoms with E-state index in [1.54, 1.807) is 73.6 Å². The monoisotopic (exact) mass is 683 g/mol. The number of rotatable bonds is 24. The molecule has 0 saturated heterocycles. The molecule has 0 bridgehead atoms. The van der Waals surface area contributed by atoms with E-state index in [0.29, 0.717) is 19.6 Å². The molecule has 3 heterocycles. The van der Waals surface area contributed by atoms with Crippen LogP contribution in [0.2, 0.25) is 0 Å². The van der Waals surface area contributed by atoms with Gasteiger partial charge in [-0.3, -0.25) is 19.3 Å². The summed E-state index contributed by atoms with van der Waals surface area (Å²) in [5.41, 5.74) is 0. The highest BCUT2D eigenvalue weighted by molar-refractivity contribution is 5.79. The molecule has 3 aromatic heterocycles. The van der Waals surface area contributed by atoms with Gasteiger partial charge in [-0.1, -0.05) is 0 Å². The van der Waals surface area contributed by atoms with Crippen LogP contribution >= 0.6 is 0 Å². The Labute approximate surface area is 283 Å². The Kier molecular flexibility index (Phi) is 15.6. The molecule has 6 N–H and O–H groups in total. The molecule has 0 spiro atoms. The van der Waals surface area contributed by atoms with Crippen LogP contribution in [0.5, 0.6) is 0 Å². The van der Waals surface area contributed by atoms with Crippen molar-refractivity contribution >= 4 is 35.6 Å². The average molecular weight is 684 g/mol. The van der Waals surface area contributed by atoms with Crippen molar-refractivity contribution in [3.63, 3.8) is 0 Å². The van der Waals surface area contributed by atoms with Gasteiger partial charge < -0.3 is 45.0 Å². The lowest BCUT2D eigenvalue weighted by Crippen LogP contribution is -2.43. The van der Waals surface area contributed by atoms with Gasteiger partial charge in [-0.15, -0.1) is 0 Å². The molecule has 0 aliphatic carbocycles. The molecule has 0 aliphatic heterocycles. The van der Waals surface area contributed by atoms with Crippen LogP contribution in [0.4, 0.5) is 0 Å². The van der Waals surface area contributed by atoms with Crippen molar-refractivity contribution in [1.82, 2.24) is 34.6 Å². The Bertz CT molecular complexity index is 1300. The summed E-state index contributed by atoms with van der Waals surface area (Å²) in [5.74, 6) is -4.05. The van der Waals surface area contributed by atoms with E-state index < -0.39 is 36.0 Å². The average Bonchev–Trinajstić information content (AvgIpc) is 3.86. The molecule has 0 aliphatic rings. The molecule has 49 heavy (non-hydrogen) atoms. The molecular weight excluding hydrogens is 638 g/mol. The summed E-state index contributed by atoms with van der Waals surface area (Å²) in [7, 11) is 0. The highest BCUT2D eigenvalue weighted by Crippen LogP contribution is 2.16. The van der Waals surface area contributed by atoms with Crippen molar-refractivity contribution in [3.05, 3.63) is 73.6 Å². The molecule has 3 amide bonds. The fraction of sp³-hybridized carbons (Fsp3) is 0.455. The maximum absolute atomic E-state index is 12.5. The summed E-state index contributed by atoms with van der Waals surface area (Å²) in [4.78, 5) is 74.4. The predicted molar refractivity (Wildman–Crippen MR) is 176 cm³/mol. The first-order valence-corrected chi connectivity index (χ1v) is 16.1. The van der Waals surface area contributed by atoms with Crippen molar-refractivity contribution in [2.45, 2.75) is 56.7 Å². The van der Waals surface area contributed by atoms with E-state index in [9.17, 15) is 44.1 Å². The summed E-state index contributed by atoms with van der Waals surface area (Å²) >= 11 is 0. The summed E-state index contributed by atoms with van der Waals surface area (Å²) in [6.07, 6.45) is 10.1. The quantitative estimate of drug-likeness (QED) is 0.0797. The van der Waals surface area contributed by atoms with Crippen LogP contribution in [0.25, 0.3) is 0 Å². The molecule has 0 saturated carbocycles. The van der Waals surface area contributed by atoms with Crippen LogP contribution in [-0.4, -0.2) is 109 Å². The highest BCUT2D eigenvalue weighted by Gasteiger charge is 2.22. The lowest BCUT2D eigenvalue weighted by Gasteiger charge is -2.23. The number of hydrogen-bond acceptors (Lipinski definition) is 7. The second kappa shape index (κ2) is 20.1. The number of carboxylic acid groups (broad SMARTS) is 3. The number of amides is 3. The van der Waals surface area contributed by atoms with Crippen molar-refractivity contribution in [2.75, 3.05) is 39.3 Å². The minimum Gasteiger partial charge on any atom is -0.480 e. The topological polar surface area (TPSA) is 217 Å². The second-order valence-corrected chi connectivity index (χ2v) is 11.5. The number of nitrogens with one attached hydrogen (secondary N) is 3. The summed E-state index contributed by atoms with van der Waals surface area (Å²) in [6, 6.07) is 7.66. The first kappa shape index (κ1) is 38.1. The molecule has 0 unspecified atom stereocenters. The Balaban J connectivity index is 1.46. The Morgan fingerprint density at radius 2 is 0.714 bits per heavy atom. The van der Waals surface area contributed by atoms with E-state index in [1.165, 1.54) is 13.7 Å². The van der Waals surface area contributed by atoms with Gasteiger partial charge in [0.1, 0.15) is 18.1 Å². The SMILES string of the molecule is O=C(CC[C@H](C(=O)O)n1cccc1)NCCN(CCNC(=O)CC[C@H](C(=O)O)n1cccc1)CCNC(=O)CC[C@H](C(=O)O)n1cccc1. The molecule has 266 valence electrons. The third-order valence-corrected chi connectivity index (χ3v) is 8.00. The van der Waals surface area contributed by atoms with Crippen LogP contribution in [0.3, 0.4) is 0 Å². The normalized spacial score (nSPS) is 12.9. The number of aromatic nitrogens is 3. The summed E-state index contributed by atoms with van der Waals surface area (Å²) in [6.45, 7) is 1.78. The van der Waals surface area contributed by atoms with E-state index in [0.717, 1.165) is 0 Å². The first-order valence-electron chi connectivity index (χ1n) is 16.1. The molecule has 0 aromatic carbocycles. The van der Waals surface area contributed by atoms with Crippen molar-refractivity contribution < 1.29 is 44.1 Å². The highest BCUT2D eigenvalue weighted by atomic mass is 16.4. The minimum absolute atomic E-state index is 0.00194. The zero-order valence-corrected chi connectivity index (χ0v) is 27.2. The third-order valence-electron chi connectivity index (χ3n) is 8.00. The zero-order valence-electron chi connectivity index (χ0n) is 27.2. The third kappa shape index (κ3) is 13.3. The van der Waals surface area contributed by atoms with E-state index in [-0.39, 0.29) is 75.9 Å². The van der Waals surface area contributed by atoms with E-state index in [4.69, 9.17) is 0 Å². The minimum atomic E-state index is -1.04. The molecule has 16 nitrogen and oxygen atoms in total. The van der Waals surface area contributed by atoms with Crippen LogP contribution in [0.1, 0.15) is 56.7 Å². The molecular formula is C33H45N7O9. The fourth-order valence-corrected chi connectivity index (χ4v) is 5.33. The number of carbonyl (C=O) groups excluding carboxylic acids is 3. The summed E-state index contributed by atoms with van der Waals surface area (Å²) < 4.78 is 4.60. The Morgan fingerprint density at radius 1 is 0.469 bits per heavy atom. The number of hydrogen-bond donors (Lipinski definition) is 6. The molecule has 3 rings (SSSR count). The van der Waals surface area contributed by atoms with Gasteiger partial charge in [-0.2, -0.15) is 0 Å². The molecule has 16 heteroatoms. The predicted octanol–water partition coefficient (Wildman–Crippen LogP) is 1.36. The van der Waals surface area contributed by atoms with Gasteiger partial charge in [0, 0.05) is 95.7 Å². The van der Waals surface area contributed by atoms with Gasteiger partial charge in [-0.25, -0.2) is 14.4 Å². The lowest BCUT2D eigenvalue weighted by molar-refractivity contribution is -0.142. The smallest absolute Gasteiger partial charge is 0.326 e. The number of aliphatic carboxylic acids is 3. The zero-order chi connectivity index (χ0) is 35.6. The summed E-state index contributed by atoms with van der Waals surface area (Å²) in [5, 5.41) is 37.0.